The maximum Gasteiger partial charge on any atom is 0.203 e. The first-order chi connectivity index (χ1) is 15.7. The Morgan fingerprint density at radius 2 is 1.81 bits per heavy atom. The molecule has 4 rings (SSSR count). The summed E-state index contributed by atoms with van der Waals surface area (Å²) in [6, 6.07) is 23.9. The lowest BCUT2D eigenvalue weighted by molar-refractivity contribution is 0.269. The van der Waals surface area contributed by atoms with Gasteiger partial charge in [0, 0.05) is 15.4 Å². The van der Waals surface area contributed by atoms with Gasteiger partial charge in [0.05, 0.1) is 18.5 Å². The molecule has 0 saturated heterocycles. The van der Waals surface area contributed by atoms with E-state index < -0.39 is 0 Å². The number of nitrogens with zero attached hydrogens (tertiary/aromatic N) is 2. The fourth-order valence-electron chi connectivity index (χ4n) is 2.97. The van der Waals surface area contributed by atoms with Gasteiger partial charge < -0.3 is 9.47 Å². The minimum absolute atomic E-state index is 0.487. The van der Waals surface area contributed by atoms with Gasteiger partial charge in [-0.1, -0.05) is 58.4 Å². The van der Waals surface area contributed by atoms with Crippen LogP contribution in [0.3, 0.4) is 0 Å². The van der Waals surface area contributed by atoms with Crippen molar-refractivity contribution >= 4 is 38.6 Å². The van der Waals surface area contributed by atoms with Crippen molar-refractivity contribution in [3.05, 3.63) is 93.8 Å². The number of thiazole rings is 1. The number of anilines is 1. The Hall–Kier alpha value is -3.16. The Balaban J connectivity index is 1.40. The van der Waals surface area contributed by atoms with E-state index in [0.717, 1.165) is 32.0 Å². The van der Waals surface area contributed by atoms with E-state index in [2.05, 4.69) is 31.4 Å². The van der Waals surface area contributed by atoms with E-state index >= 15 is 0 Å². The molecule has 0 radical (unpaired) electrons. The number of hydrogen-bond acceptors (Lipinski definition) is 6. The molecule has 1 N–H and O–H groups in total. The van der Waals surface area contributed by atoms with Gasteiger partial charge in [0.1, 0.15) is 6.61 Å². The van der Waals surface area contributed by atoms with Crippen molar-refractivity contribution in [2.24, 2.45) is 5.10 Å². The lowest BCUT2D eigenvalue weighted by Gasteiger charge is -2.12. The van der Waals surface area contributed by atoms with E-state index in [4.69, 9.17) is 9.47 Å². The molecule has 4 aromatic rings. The molecule has 5 nitrogen and oxygen atoms in total. The first-order valence-electron chi connectivity index (χ1n) is 10.2. The molecule has 0 bridgehead atoms. The average Bonchev–Trinajstić information content (AvgIpc) is 3.29. The van der Waals surface area contributed by atoms with Crippen molar-refractivity contribution < 1.29 is 9.47 Å². The first kappa shape index (κ1) is 22.0. The smallest absolute Gasteiger partial charge is 0.203 e. The third kappa shape index (κ3) is 5.96. The second-order valence-corrected chi connectivity index (χ2v) is 8.60. The van der Waals surface area contributed by atoms with E-state index in [1.54, 1.807) is 6.21 Å². The van der Waals surface area contributed by atoms with Gasteiger partial charge in [-0.05, 0) is 48.4 Å². The molecule has 0 aliphatic rings. The Bertz CT molecular complexity index is 1180. The number of hydrazone groups is 1. The van der Waals surface area contributed by atoms with Gasteiger partial charge >= 0.3 is 0 Å². The van der Waals surface area contributed by atoms with Crippen molar-refractivity contribution in [1.82, 2.24) is 4.98 Å². The fourth-order valence-corrected chi connectivity index (χ4v) is 3.90. The van der Waals surface area contributed by atoms with Gasteiger partial charge in [-0.3, -0.25) is 5.43 Å². The molecular weight excluding hydrogens is 486 g/mol. The number of aromatic nitrogens is 1. The zero-order valence-corrected chi connectivity index (χ0v) is 19.9. The molecule has 0 atom stereocenters. The quantitative estimate of drug-likeness (QED) is 0.196. The summed E-state index contributed by atoms with van der Waals surface area (Å²) in [6.07, 6.45) is 1.74. The molecule has 162 valence electrons. The van der Waals surface area contributed by atoms with Crippen LogP contribution in [0.5, 0.6) is 11.5 Å². The topological polar surface area (TPSA) is 55.7 Å². The molecule has 0 saturated carbocycles. The summed E-state index contributed by atoms with van der Waals surface area (Å²) in [6.45, 7) is 2.99. The summed E-state index contributed by atoms with van der Waals surface area (Å²) >= 11 is 4.96. The standard InChI is InChI=1S/C25H22BrN3O2S/c1-2-30-24-14-19(8-13-23(24)31-16-18-6-4-3-5-7-18)15-27-29-25-28-22(17-32-25)20-9-11-21(26)12-10-20/h3-15,17H,2,16H2,1H3,(H,28,29). The maximum atomic E-state index is 5.96. The van der Waals surface area contributed by atoms with Crippen molar-refractivity contribution in [3.8, 4) is 22.8 Å². The van der Waals surface area contributed by atoms with Crippen LogP contribution < -0.4 is 14.9 Å². The average molecular weight is 508 g/mol. The summed E-state index contributed by atoms with van der Waals surface area (Å²) in [5, 5.41) is 7.06. The van der Waals surface area contributed by atoms with Crippen molar-refractivity contribution in [3.63, 3.8) is 0 Å². The van der Waals surface area contributed by atoms with E-state index in [0.29, 0.717) is 24.7 Å². The summed E-state index contributed by atoms with van der Waals surface area (Å²) < 4.78 is 12.8. The minimum atomic E-state index is 0.487. The van der Waals surface area contributed by atoms with Gasteiger partial charge in [-0.15, -0.1) is 11.3 Å². The minimum Gasteiger partial charge on any atom is -0.490 e. The molecule has 0 unspecified atom stereocenters. The van der Waals surface area contributed by atoms with Gasteiger partial charge in [0.2, 0.25) is 5.13 Å². The summed E-state index contributed by atoms with van der Waals surface area (Å²) in [7, 11) is 0. The van der Waals surface area contributed by atoms with E-state index in [1.807, 2.05) is 85.1 Å². The van der Waals surface area contributed by atoms with E-state index in [-0.39, 0.29) is 0 Å². The molecule has 1 aromatic heterocycles. The normalized spacial score (nSPS) is 10.9. The van der Waals surface area contributed by atoms with Crippen LogP contribution in [0.25, 0.3) is 11.3 Å². The number of nitrogens with one attached hydrogen (secondary N) is 1. The van der Waals surface area contributed by atoms with Crippen LogP contribution in [-0.2, 0) is 6.61 Å². The van der Waals surface area contributed by atoms with Gasteiger partial charge in [-0.2, -0.15) is 5.10 Å². The Morgan fingerprint density at radius 3 is 2.59 bits per heavy atom. The third-order valence-electron chi connectivity index (χ3n) is 4.52. The van der Waals surface area contributed by atoms with Crippen molar-refractivity contribution in [2.75, 3.05) is 12.0 Å². The number of benzene rings is 3. The van der Waals surface area contributed by atoms with Gasteiger partial charge in [-0.25, -0.2) is 4.98 Å². The second kappa shape index (κ2) is 10.9. The second-order valence-electron chi connectivity index (χ2n) is 6.83. The monoisotopic (exact) mass is 507 g/mol. The number of ether oxygens (including phenoxy) is 2. The van der Waals surface area contributed by atoms with Crippen LogP contribution in [-0.4, -0.2) is 17.8 Å². The Labute approximate surface area is 199 Å². The highest BCUT2D eigenvalue weighted by Gasteiger charge is 2.07. The van der Waals surface area contributed by atoms with Crippen LogP contribution in [0.1, 0.15) is 18.1 Å². The zero-order chi connectivity index (χ0) is 22.2. The summed E-state index contributed by atoms with van der Waals surface area (Å²) in [5.41, 5.74) is 6.99. The number of rotatable bonds is 9. The molecular formula is C25H22BrN3O2S. The van der Waals surface area contributed by atoms with Crippen LogP contribution in [0.15, 0.2) is 87.8 Å². The van der Waals surface area contributed by atoms with Crippen molar-refractivity contribution in [1.29, 1.82) is 0 Å². The largest absolute Gasteiger partial charge is 0.490 e. The SMILES string of the molecule is CCOc1cc(C=NNc2nc(-c3ccc(Br)cc3)cs2)ccc1OCc1ccccc1. The van der Waals surface area contributed by atoms with Crippen LogP contribution >= 0.6 is 27.3 Å². The fraction of sp³-hybridized carbons (Fsp3) is 0.120. The van der Waals surface area contributed by atoms with Crippen LogP contribution in [0.4, 0.5) is 5.13 Å². The molecule has 0 spiro atoms. The molecule has 7 heteroatoms. The summed E-state index contributed by atoms with van der Waals surface area (Å²) in [4.78, 5) is 4.59. The molecule has 1 heterocycles. The highest BCUT2D eigenvalue weighted by molar-refractivity contribution is 9.10. The number of hydrogen-bond donors (Lipinski definition) is 1. The predicted molar refractivity (Wildman–Crippen MR) is 135 cm³/mol. The third-order valence-corrected chi connectivity index (χ3v) is 5.80. The molecule has 0 fully saturated rings. The highest BCUT2D eigenvalue weighted by atomic mass is 79.9. The molecule has 0 amide bonds. The highest BCUT2D eigenvalue weighted by Crippen LogP contribution is 2.29. The molecule has 32 heavy (non-hydrogen) atoms. The van der Waals surface area contributed by atoms with Crippen LogP contribution in [0, 0.1) is 0 Å². The molecule has 0 aliphatic carbocycles. The lowest BCUT2D eigenvalue weighted by atomic mass is 10.2. The van der Waals surface area contributed by atoms with Gasteiger partial charge in [0.15, 0.2) is 11.5 Å². The van der Waals surface area contributed by atoms with Crippen LogP contribution in [0.2, 0.25) is 0 Å². The molecule has 0 aliphatic heterocycles. The first-order valence-corrected chi connectivity index (χ1v) is 11.8. The lowest BCUT2D eigenvalue weighted by Crippen LogP contribution is -2.00. The predicted octanol–water partition coefficient (Wildman–Crippen LogP) is 7.00. The van der Waals surface area contributed by atoms with Crippen molar-refractivity contribution in [2.45, 2.75) is 13.5 Å². The molecule has 3 aromatic carbocycles. The Morgan fingerprint density at radius 1 is 1.00 bits per heavy atom. The number of halogens is 1. The zero-order valence-electron chi connectivity index (χ0n) is 17.5. The Kier molecular flexibility index (Phi) is 7.53. The summed E-state index contributed by atoms with van der Waals surface area (Å²) in [5.74, 6) is 1.40. The van der Waals surface area contributed by atoms with Gasteiger partial charge in [0.25, 0.3) is 0 Å². The van der Waals surface area contributed by atoms with E-state index in [9.17, 15) is 0 Å². The maximum absolute atomic E-state index is 5.96. The van der Waals surface area contributed by atoms with E-state index in [1.165, 1.54) is 11.3 Å².